The maximum Gasteiger partial charge on any atom is 0.171 e. The molecule has 1 aromatic heterocycles. The van der Waals surface area contributed by atoms with Crippen molar-refractivity contribution in [3.05, 3.63) is 36.4 Å². The fraction of sp³-hybridized carbons (Fsp3) is 0.0714. The van der Waals surface area contributed by atoms with Crippen LogP contribution in [0.3, 0.4) is 0 Å². The van der Waals surface area contributed by atoms with Crippen LogP contribution in [0.2, 0.25) is 0 Å². The number of benzene rings is 2. The number of ether oxygens (including phenoxy) is 1. The predicted molar refractivity (Wildman–Crippen MR) is 82.0 cm³/mol. The van der Waals surface area contributed by atoms with Crippen molar-refractivity contribution in [2.24, 2.45) is 0 Å². The lowest BCUT2D eigenvalue weighted by Crippen LogP contribution is -1.93. The Morgan fingerprint density at radius 3 is 2.70 bits per heavy atom. The fourth-order valence-electron chi connectivity index (χ4n) is 1.87. The number of aromatic nitrogens is 2. The van der Waals surface area contributed by atoms with Crippen molar-refractivity contribution in [3.8, 4) is 5.75 Å². The molecule has 3 rings (SSSR count). The van der Waals surface area contributed by atoms with Gasteiger partial charge in [-0.15, -0.1) is 0 Å². The van der Waals surface area contributed by atoms with Crippen molar-refractivity contribution >= 4 is 34.2 Å². The monoisotopic (exact) mass is 286 g/mol. The number of nitrogens with one attached hydrogen (secondary N) is 1. The average molecular weight is 286 g/mol. The summed E-state index contributed by atoms with van der Waals surface area (Å²) in [6.07, 6.45) is 0. The molecule has 5 nitrogen and oxygen atoms in total. The Morgan fingerprint density at radius 2 is 1.95 bits per heavy atom. The molecule has 6 heteroatoms. The minimum Gasteiger partial charge on any atom is -0.497 e. The quantitative estimate of drug-likeness (QED) is 0.644. The van der Waals surface area contributed by atoms with Crippen LogP contribution in [0.25, 0.3) is 11.0 Å². The standard InChI is InChI=1S/C14H14N4OS/c1-19-8-2-5-12-13(6-8)18-14(17-12)20-9-3-4-10(15)11(16)7-9/h2-7H,15-16H2,1H3,(H,17,18). The maximum atomic E-state index is 5.80. The first kappa shape index (κ1) is 12.7. The van der Waals surface area contributed by atoms with Gasteiger partial charge in [-0.3, -0.25) is 0 Å². The molecule has 0 aliphatic heterocycles. The van der Waals surface area contributed by atoms with Gasteiger partial charge >= 0.3 is 0 Å². The molecule has 20 heavy (non-hydrogen) atoms. The van der Waals surface area contributed by atoms with E-state index in [9.17, 15) is 0 Å². The van der Waals surface area contributed by atoms with Crippen LogP contribution in [0.5, 0.6) is 5.75 Å². The van der Waals surface area contributed by atoms with Gasteiger partial charge in [-0.05, 0) is 30.3 Å². The van der Waals surface area contributed by atoms with Gasteiger partial charge in [-0.25, -0.2) is 4.98 Å². The summed E-state index contributed by atoms with van der Waals surface area (Å²) in [6, 6.07) is 11.3. The first-order valence-electron chi connectivity index (χ1n) is 6.02. The minimum atomic E-state index is 0.577. The Hall–Kier alpha value is -2.34. The van der Waals surface area contributed by atoms with Crippen molar-refractivity contribution in [1.82, 2.24) is 9.97 Å². The number of methoxy groups -OCH3 is 1. The molecule has 0 bridgehead atoms. The molecule has 0 aliphatic carbocycles. The van der Waals surface area contributed by atoms with E-state index in [1.165, 1.54) is 11.8 Å². The van der Waals surface area contributed by atoms with Crippen LogP contribution in [0, 0.1) is 0 Å². The van der Waals surface area contributed by atoms with Crippen LogP contribution >= 0.6 is 11.8 Å². The topological polar surface area (TPSA) is 89.9 Å². The summed E-state index contributed by atoms with van der Waals surface area (Å²) < 4.78 is 5.19. The van der Waals surface area contributed by atoms with Crippen molar-refractivity contribution in [2.75, 3.05) is 18.6 Å². The number of nitrogens with zero attached hydrogens (tertiary/aromatic N) is 1. The Labute approximate surface area is 120 Å². The Balaban J connectivity index is 1.92. The van der Waals surface area contributed by atoms with E-state index in [0.717, 1.165) is 26.8 Å². The molecule has 0 radical (unpaired) electrons. The van der Waals surface area contributed by atoms with Gasteiger partial charge in [0, 0.05) is 11.0 Å². The Kier molecular flexibility index (Phi) is 3.15. The van der Waals surface area contributed by atoms with Crippen LogP contribution in [0.1, 0.15) is 0 Å². The number of fused-ring (bicyclic) bond motifs is 1. The molecule has 0 aliphatic rings. The summed E-state index contributed by atoms with van der Waals surface area (Å²) >= 11 is 1.51. The minimum absolute atomic E-state index is 0.577. The van der Waals surface area contributed by atoms with E-state index in [0.29, 0.717) is 11.4 Å². The molecule has 1 heterocycles. The predicted octanol–water partition coefficient (Wildman–Crippen LogP) is 2.89. The summed E-state index contributed by atoms with van der Waals surface area (Å²) in [5.74, 6) is 0.800. The van der Waals surface area contributed by atoms with E-state index < -0.39 is 0 Å². The second kappa shape index (κ2) is 4.97. The van der Waals surface area contributed by atoms with Crippen molar-refractivity contribution < 1.29 is 4.74 Å². The van der Waals surface area contributed by atoms with Crippen molar-refractivity contribution in [1.29, 1.82) is 0 Å². The first-order valence-corrected chi connectivity index (χ1v) is 6.84. The van der Waals surface area contributed by atoms with Gasteiger partial charge in [-0.2, -0.15) is 0 Å². The van der Waals surface area contributed by atoms with E-state index in [-0.39, 0.29) is 0 Å². The highest BCUT2D eigenvalue weighted by molar-refractivity contribution is 7.99. The van der Waals surface area contributed by atoms with Gasteiger partial charge in [0.2, 0.25) is 0 Å². The lowest BCUT2D eigenvalue weighted by atomic mass is 10.3. The lowest BCUT2D eigenvalue weighted by Gasteiger charge is -2.02. The highest BCUT2D eigenvalue weighted by Crippen LogP contribution is 2.31. The number of nitrogens with two attached hydrogens (primary N) is 2. The highest BCUT2D eigenvalue weighted by Gasteiger charge is 2.06. The fourth-order valence-corrected chi connectivity index (χ4v) is 2.72. The van der Waals surface area contributed by atoms with Crippen LogP contribution < -0.4 is 16.2 Å². The number of anilines is 2. The molecule has 0 amide bonds. The van der Waals surface area contributed by atoms with Gasteiger partial charge < -0.3 is 21.2 Å². The third-order valence-electron chi connectivity index (χ3n) is 2.94. The lowest BCUT2D eigenvalue weighted by molar-refractivity contribution is 0.415. The smallest absolute Gasteiger partial charge is 0.171 e. The maximum absolute atomic E-state index is 5.80. The molecule has 0 spiro atoms. The molecule has 0 saturated carbocycles. The average Bonchev–Trinajstić information content (AvgIpc) is 2.84. The summed E-state index contributed by atoms with van der Waals surface area (Å²) in [6.45, 7) is 0. The first-order chi connectivity index (χ1) is 9.65. The van der Waals surface area contributed by atoms with Crippen LogP contribution in [0.4, 0.5) is 11.4 Å². The SMILES string of the molecule is COc1ccc2nc(Sc3ccc(N)c(N)c3)[nH]c2c1. The second-order valence-electron chi connectivity index (χ2n) is 4.32. The molecule has 5 N–H and O–H groups in total. The van der Waals surface area contributed by atoms with Gasteiger partial charge in [-0.1, -0.05) is 11.8 Å². The zero-order chi connectivity index (χ0) is 14.1. The number of nitrogen functional groups attached to an aromatic ring is 2. The number of hydrogen-bond donors (Lipinski definition) is 3. The van der Waals surface area contributed by atoms with E-state index >= 15 is 0 Å². The van der Waals surface area contributed by atoms with Crippen LogP contribution in [-0.4, -0.2) is 17.1 Å². The molecule has 102 valence electrons. The summed E-state index contributed by atoms with van der Waals surface area (Å²) in [5.41, 5.74) is 14.5. The van der Waals surface area contributed by atoms with Gasteiger partial charge in [0.15, 0.2) is 5.16 Å². The van der Waals surface area contributed by atoms with Crippen molar-refractivity contribution in [3.63, 3.8) is 0 Å². The number of rotatable bonds is 3. The van der Waals surface area contributed by atoms with Crippen molar-refractivity contribution in [2.45, 2.75) is 10.1 Å². The normalized spacial score (nSPS) is 10.8. The highest BCUT2D eigenvalue weighted by atomic mass is 32.2. The third-order valence-corrected chi connectivity index (χ3v) is 3.82. The Morgan fingerprint density at radius 1 is 1.10 bits per heavy atom. The molecule has 0 saturated heterocycles. The number of hydrogen-bond acceptors (Lipinski definition) is 5. The Bertz CT molecular complexity index is 769. The van der Waals surface area contributed by atoms with E-state index in [1.54, 1.807) is 13.2 Å². The largest absolute Gasteiger partial charge is 0.497 e. The molecule has 0 unspecified atom stereocenters. The van der Waals surface area contributed by atoms with Gasteiger partial charge in [0.1, 0.15) is 5.75 Å². The van der Waals surface area contributed by atoms with Gasteiger partial charge in [0.05, 0.1) is 29.5 Å². The van der Waals surface area contributed by atoms with Gasteiger partial charge in [0.25, 0.3) is 0 Å². The van der Waals surface area contributed by atoms with Crippen LogP contribution in [0.15, 0.2) is 46.5 Å². The van der Waals surface area contributed by atoms with E-state index in [4.69, 9.17) is 16.2 Å². The number of aromatic amines is 1. The van der Waals surface area contributed by atoms with E-state index in [1.807, 2.05) is 30.3 Å². The summed E-state index contributed by atoms with van der Waals surface area (Å²) in [7, 11) is 1.64. The summed E-state index contributed by atoms with van der Waals surface area (Å²) in [4.78, 5) is 8.76. The molecule has 0 atom stereocenters. The molecule has 2 aromatic carbocycles. The molecular weight excluding hydrogens is 272 g/mol. The van der Waals surface area contributed by atoms with E-state index in [2.05, 4.69) is 9.97 Å². The summed E-state index contributed by atoms with van der Waals surface area (Å²) in [5, 5.41) is 0.803. The molecule has 3 aromatic rings. The number of H-pyrrole nitrogens is 1. The molecule has 0 fully saturated rings. The van der Waals surface area contributed by atoms with Crippen LogP contribution in [-0.2, 0) is 0 Å². The number of imidazole rings is 1. The molecular formula is C14H14N4OS. The zero-order valence-corrected chi connectivity index (χ0v) is 11.7. The third kappa shape index (κ3) is 2.37. The second-order valence-corrected chi connectivity index (χ2v) is 5.38. The zero-order valence-electron chi connectivity index (χ0n) is 10.9.